The molecule has 0 saturated carbocycles. The first-order valence-corrected chi connectivity index (χ1v) is 10.4. The van der Waals surface area contributed by atoms with Gasteiger partial charge < -0.3 is 25.0 Å². The highest BCUT2D eigenvalue weighted by Gasteiger charge is 2.37. The Morgan fingerprint density at radius 1 is 1.18 bits per heavy atom. The molecule has 28 heavy (non-hydrogen) atoms. The topological polar surface area (TPSA) is 97.0 Å². The quantitative estimate of drug-likeness (QED) is 0.644. The number of hydrogen-bond acceptors (Lipinski definition) is 5. The zero-order valence-corrected chi connectivity index (χ0v) is 17.5. The van der Waals surface area contributed by atoms with Crippen LogP contribution in [0.3, 0.4) is 0 Å². The monoisotopic (exact) mass is 397 g/mol. The van der Waals surface area contributed by atoms with Gasteiger partial charge in [-0.25, -0.2) is 4.79 Å². The molecule has 2 heterocycles. The van der Waals surface area contributed by atoms with Gasteiger partial charge in [0.25, 0.3) is 0 Å². The van der Waals surface area contributed by atoms with Crippen molar-refractivity contribution < 1.29 is 23.9 Å². The van der Waals surface area contributed by atoms with E-state index in [0.717, 1.165) is 6.42 Å². The van der Waals surface area contributed by atoms with Crippen LogP contribution in [-0.2, 0) is 19.1 Å². The third kappa shape index (κ3) is 6.17. The minimum Gasteiger partial charge on any atom is -0.378 e. The Balaban J connectivity index is 2.01. The Kier molecular flexibility index (Phi) is 8.69. The summed E-state index contributed by atoms with van der Waals surface area (Å²) in [6.45, 7) is 10.4. The summed E-state index contributed by atoms with van der Waals surface area (Å²) in [6.07, 6.45) is 1.68. The van der Waals surface area contributed by atoms with Crippen LogP contribution in [-0.4, -0.2) is 73.7 Å². The number of ether oxygens (including phenoxy) is 2. The smallest absolute Gasteiger partial charge is 0.318 e. The van der Waals surface area contributed by atoms with Crippen molar-refractivity contribution in [2.24, 2.45) is 11.8 Å². The average molecular weight is 398 g/mol. The Labute approximate surface area is 167 Å². The van der Waals surface area contributed by atoms with E-state index in [1.807, 2.05) is 6.92 Å². The van der Waals surface area contributed by atoms with Crippen molar-refractivity contribution in [2.75, 3.05) is 32.9 Å². The number of urea groups is 1. The van der Waals surface area contributed by atoms with Gasteiger partial charge in [-0.05, 0) is 31.1 Å². The molecule has 3 unspecified atom stereocenters. The van der Waals surface area contributed by atoms with E-state index in [1.165, 1.54) is 0 Å². The van der Waals surface area contributed by atoms with Crippen LogP contribution in [0.4, 0.5) is 4.79 Å². The molecule has 3 amide bonds. The van der Waals surface area contributed by atoms with Crippen molar-refractivity contribution in [3.63, 3.8) is 0 Å². The molecule has 0 spiro atoms. The van der Waals surface area contributed by atoms with Gasteiger partial charge in [-0.1, -0.05) is 27.7 Å². The van der Waals surface area contributed by atoms with Gasteiger partial charge in [0.15, 0.2) is 5.78 Å². The van der Waals surface area contributed by atoms with Crippen LogP contribution in [0.2, 0.25) is 0 Å². The zero-order valence-electron chi connectivity index (χ0n) is 17.5. The van der Waals surface area contributed by atoms with Crippen molar-refractivity contribution in [1.82, 2.24) is 15.5 Å². The number of carbonyl (C=O) groups is 3. The molecule has 0 aliphatic carbocycles. The molecule has 2 N–H and O–H groups in total. The van der Waals surface area contributed by atoms with E-state index in [2.05, 4.69) is 31.4 Å². The van der Waals surface area contributed by atoms with Crippen LogP contribution in [0.5, 0.6) is 0 Å². The minimum atomic E-state index is -0.678. The molecule has 8 heteroatoms. The molecule has 2 fully saturated rings. The van der Waals surface area contributed by atoms with Gasteiger partial charge in [0.05, 0.1) is 19.3 Å². The number of ketones is 1. The number of Topliss-reactive ketones (excluding diaryl/α,β-unsaturated/α-hetero) is 1. The number of carbonyl (C=O) groups excluding carboxylic acids is 3. The molecule has 0 aromatic rings. The van der Waals surface area contributed by atoms with Crippen LogP contribution in [0.25, 0.3) is 0 Å². The predicted octanol–water partition coefficient (Wildman–Crippen LogP) is 1.33. The highest BCUT2D eigenvalue weighted by atomic mass is 16.5. The first-order valence-electron chi connectivity index (χ1n) is 10.4. The van der Waals surface area contributed by atoms with Crippen LogP contribution >= 0.6 is 0 Å². The van der Waals surface area contributed by atoms with E-state index in [4.69, 9.17) is 9.47 Å². The molecule has 0 aromatic heterocycles. The normalized spacial score (nSPS) is 24.9. The van der Waals surface area contributed by atoms with E-state index in [1.54, 1.807) is 4.90 Å². The molecular weight excluding hydrogens is 362 g/mol. The lowest BCUT2D eigenvalue weighted by Gasteiger charge is -2.30. The van der Waals surface area contributed by atoms with E-state index in [-0.39, 0.29) is 30.4 Å². The summed E-state index contributed by atoms with van der Waals surface area (Å²) < 4.78 is 10.7. The second-order valence-electron chi connectivity index (χ2n) is 8.11. The highest BCUT2D eigenvalue weighted by Crippen LogP contribution is 2.18. The van der Waals surface area contributed by atoms with Gasteiger partial charge in [0, 0.05) is 13.1 Å². The lowest BCUT2D eigenvalue weighted by molar-refractivity contribution is -0.127. The number of hydrogen-bond donors (Lipinski definition) is 2. The first kappa shape index (κ1) is 22.6. The molecule has 2 saturated heterocycles. The minimum absolute atomic E-state index is 0.0264. The van der Waals surface area contributed by atoms with Crippen LogP contribution in [0, 0.1) is 11.8 Å². The SMILES string of the molecule is CCC1OCC(=O)C1NC(=O)[C@H](CCC(C)C(C)C)NC(=O)N1CCOCC1. The summed E-state index contributed by atoms with van der Waals surface area (Å²) in [5, 5.41) is 5.69. The number of nitrogens with zero attached hydrogens (tertiary/aromatic N) is 1. The fourth-order valence-corrected chi connectivity index (χ4v) is 3.40. The van der Waals surface area contributed by atoms with Crippen molar-refractivity contribution in [2.45, 2.75) is 65.1 Å². The van der Waals surface area contributed by atoms with Crippen molar-refractivity contribution in [3.05, 3.63) is 0 Å². The largest absolute Gasteiger partial charge is 0.378 e. The molecule has 2 rings (SSSR count). The maximum absolute atomic E-state index is 12.9. The third-order valence-corrected chi connectivity index (χ3v) is 5.82. The average Bonchev–Trinajstić information content (AvgIpc) is 3.04. The molecule has 8 nitrogen and oxygen atoms in total. The second-order valence-corrected chi connectivity index (χ2v) is 8.11. The molecular formula is C20H35N3O5. The Morgan fingerprint density at radius 3 is 2.46 bits per heavy atom. The van der Waals surface area contributed by atoms with E-state index in [0.29, 0.717) is 51.0 Å². The number of nitrogens with one attached hydrogen (secondary N) is 2. The zero-order chi connectivity index (χ0) is 20.7. The predicted molar refractivity (Wildman–Crippen MR) is 105 cm³/mol. The molecule has 0 aromatic carbocycles. The van der Waals surface area contributed by atoms with E-state index < -0.39 is 12.1 Å². The van der Waals surface area contributed by atoms with Crippen LogP contribution in [0.1, 0.15) is 47.0 Å². The summed E-state index contributed by atoms with van der Waals surface area (Å²) >= 11 is 0. The van der Waals surface area contributed by atoms with Gasteiger partial charge in [0.1, 0.15) is 18.7 Å². The third-order valence-electron chi connectivity index (χ3n) is 5.82. The summed E-state index contributed by atoms with van der Waals surface area (Å²) in [5.74, 6) is 0.484. The van der Waals surface area contributed by atoms with Gasteiger partial charge in [0.2, 0.25) is 5.91 Å². The molecule has 0 bridgehead atoms. The van der Waals surface area contributed by atoms with Gasteiger partial charge in [-0.15, -0.1) is 0 Å². The molecule has 4 atom stereocenters. The lowest BCUT2D eigenvalue weighted by Crippen LogP contribution is -2.56. The first-order chi connectivity index (χ1) is 13.3. The Morgan fingerprint density at radius 2 is 1.86 bits per heavy atom. The van der Waals surface area contributed by atoms with Gasteiger partial charge >= 0.3 is 6.03 Å². The molecule has 2 aliphatic heterocycles. The Hall–Kier alpha value is -1.67. The number of rotatable bonds is 8. The molecule has 160 valence electrons. The van der Waals surface area contributed by atoms with Crippen LogP contribution in [0.15, 0.2) is 0 Å². The van der Waals surface area contributed by atoms with Crippen molar-refractivity contribution in [1.29, 1.82) is 0 Å². The van der Waals surface area contributed by atoms with Crippen molar-refractivity contribution in [3.8, 4) is 0 Å². The number of morpholine rings is 1. The lowest BCUT2D eigenvalue weighted by atomic mass is 9.91. The summed E-state index contributed by atoms with van der Waals surface area (Å²) in [5.41, 5.74) is 0. The summed E-state index contributed by atoms with van der Waals surface area (Å²) in [4.78, 5) is 39.3. The Bertz CT molecular complexity index is 548. The summed E-state index contributed by atoms with van der Waals surface area (Å²) in [7, 11) is 0. The fourth-order valence-electron chi connectivity index (χ4n) is 3.40. The molecule has 2 aliphatic rings. The highest BCUT2D eigenvalue weighted by molar-refractivity contribution is 5.94. The maximum atomic E-state index is 12.9. The molecule has 0 radical (unpaired) electrons. The summed E-state index contributed by atoms with van der Waals surface area (Å²) in [6, 6.07) is -1.58. The van der Waals surface area contributed by atoms with E-state index in [9.17, 15) is 14.4 Å². The number of amides is 3. The standard InChI is InChI=1S/C20H35N3O5/c1-5-17-18(16(24)12-28-17)22-19(25)15(7-6-14(4)13(2)3)21-20(26)23-8-10-27-11-9-23/h13-15,17-18H,5-12H2,1-4H3,(H,21,26)(H,22,25)/t14?,15-,17?,18?/m0/s1. The second kappa shape index (κ2) is 10.8. The van der Waals surface area contributed by atoms with Gasteiger partial charge in [-0.2, -0.15) is 0 Å². The maximum Gasteiger partial charge on any atom is 0.318 e. The van der Waals surface area contributed by atoms with Crippen LogP contribution < -0.4 is 10.6 Å². The van der Waals surface area contributed by atoms with E-state index >= 15 is 0 Å². The van der Waals surface area contributed by atoms with Gasteiger partial charge in [-0.3, -0.25) is 9.59 Å². The fraction of sp³-hybridized carbons (Fsp3) is 0.850. The van der Waals surface area contributed by atoms with Crippen molar-refractivity contribution >= 4 is 17.7 Å².